The fourth-order valence-electron chi connectivity index (χ4n) is 2.37. The summed E-state index contributed by atoms with van der Waals surface area (Å²) < 4.78 is 32.3. The van der Waals surface area contributed by atoms with Crippen molar-refractivity contribution in [3.8, 4) is 5.75 Å². The van der Waals surface area contributed by atoms with Crippen molar-refractivity contribution in [1.82, 2.24) is 0 Å². The minimum Gasteiger partial charge on any atom is -0.489 e. The Morgan fingerprint density at radius 3 is 2.62 bits per heavy atom. The number of rotatable bonds is 3. The highest BCUT2D eigenvalue weighted by Gasteiger charge is 2.28. The zero-order valence-electron chi connectivity index (χ0n) is 11.4. The number of benzene rings is 2. The Kier molecular flexibility index (Phi) is 3.47. The van der Waals surface area contributed by atoms with E-state index >= 15 is 0 Å². The van der Waals surface area contributed by atoms with Crippen LogP contribution in [0, 0.1) is 0 Å². The summed E-state index contributed by atoms with van der Waals surface area (Å²) >= 11 is 0. The van der Waals surface area contributed by atoms with E-state index in [0.29, 0.717) is 35.8 Å². The average molecular weight is 304 g/mol. The molecule has 0 radical (unpaired) electrons. The van der Waals surface area contributed by atoms with Crippen LogP contribution in [0.1, 0.15) is 5.56 Å². The molecule has 0 bridgehead atoms. The molecule has 0 atom stereocenters. The van der Waals surface area contributed by atoms with Crippen LogP contribution in [0.4, 0.5) is 11.4 Å². The first-order chi connectivity index (χ1) is 10.1. The Bertz CT molecular complexity index is 759. The molecule has 0 saturated heterocycles. The zero-order chi connectivity index (χ0) is 14.9. The number of hydrogen-bond acceptors (Lipinski definition) is 4. The lowest BCUT2D eigenvalue weighted by atomic mass is 10.2. The second kappa shape index (κ2) is 5.29. The number of nitrogens with zero attached hydrogens (tertiary/aromatic N) is 1. The monoisotopic (exact) mass is 304 g/mol. The Morgan fingerprint density at radius 2 is 1.81 bits per heavy atom. The summed E-state index contributed by atoms with van der Waals surface area (Å²) in [6.45, 7) is 0.659. The van der Waals surface area contributed by atoms with Crippen LogP contribution in [0.3, 0.4) is 0 Å². The van der Waals surface area contributed by atoms with E-state index in [1.165, 1.54) is 4.31 Å². The Labute approximate surface area is 124 Å². The van der Waals surface area contributed by atoms with Crippen molar-refractivity contribution >= 4 is 21.4 Å². The van der Waals surface area contributed by atoms with Crippen LogP contribution in [-0.2, 0) is 15.8 Å². The number of nitrogen functional groups attached to an aromatic ring is 1. The number of fused-ring (bicyclic) bond motifs is 1. The molecule has 110 valence electrons. The molecule has 1 aliphatic rings. The molecule has 1 heterocycles. The van der Waals surface area contributed by atoms with E-state index in [4.69, 9.17) is 10.5 Å². The van der Waals surface area contributed by atoms with E-state index in [-0.39, 0.29) is 5.75 Å². The van der Waals surface area contributed by atoms with Crippen molar-refractivity contribution in [3.63, 3.8) is 0 Å². The Hall–Kier alpha value is -2.21. The minimum absolute atomic E-state index is 0.117. The van der Waals surface area contributed by atoms with E-state index in [0.717, 1.165) is 0 Å². The van der Waals surface area contributed by atoms with Crippen molar-refractivity contribution in [2.45, 2.75) is 5.75 Å². The number of ether oxygens (including phenoxy) is 1. The molecule has 0 spiro atoms. The maximum absolute atomic E-state index is 12.7. The highest BCUT2D eigenvalue weighted by molar-refractivity contribution is 7.92. The van der Waals surface area contributed by atoms with Crippen LogP contribution in [0.25, 0.3) is 0 Å². The molecule has 1 aliphatic heterocycles. The van der Waals surface area contributed by atoms with E-state index in [9.17, 15) is 8.42 Å². The van der Waals surface area contributed by atoms with Crippen LogP contribution in [-0.4, -0.2) is 21.6 Å². The number of sulfonamides is 1. The van der Waals surface area contributed by atoms with Gasteiger partial charge in [0.2, 0.25) is 10.0 Å². The average Bonchev–Trinajstić information content (AvgIpc) is 2.49. The van der Waals surface area contributed by atoms with Crippen LogP contribution in [0.2, 0.25) is 0 Å². The molecule has 0 aromatic heterocycles. The van der Waals surface area contributed by atoms with Crippen LogP contribution >= 0.6 is 0 Å². The first-order valence-corrected chi connectivity index (χ1v) is 8.24. The lowest BCUT2D eigenvalue weighted by molar-refractivity contribution is 0.316. The third-order valence-electron chi connectivity index (χ3n) is 3.41. The van der Waals surface area contributed by atoms with E-state index in [1.54, 1.807) is 42.5 Å². The molecule has 0 saturated carbocycles. The smallest absolute Gasteiger partial charge is 0.239 e. The van der Waals surface area contributed by atoms with E-state index in [2.05, 4.69) is 0 Å². The van der Waals surface area contributed by atoms with Gasteiger partial charge in [0.15, 0.2) is 0 Å². The van der Waals surface area contributed by atoms with Gasteiger partial charge in [-0.2, -0.15) is 0 Å². The van der Waals surface area contributed by atoms with Gasteiger partial charge in [-0.3, -0.25) is 4.31 Å². The van der Waals surface area contributed by atoms with Crippen molar-refractivity contribution < 1.29 is 13.2 Å². The molecular formula is C15H16N2O3S. The van der Waals surface area contributed by atoms with Crippen molar-refractivity contribution in [3.05, 3.63) is 54.1 Å². The van der Waals surface area contributed by atoms with Gasteiger partial charge < -0.3 is 10.5 Å². The van der Waals surface area contributed by atoms with Crippen molar-refractivity contribution in [1.29, 1.82) is 0 Å². The summed E-state index contributed by atoms with van der Waals surface area (Å²) in [4.78, 5) is 0. The molecule has 2 aromatic rings. The number of nitrogens with two attached hydrogens (primary N) is 1. The van der Waals surface area contributed by atoms with Gasteiger partial charge in [-0.25, -0.2) is 8.42 Å². The third-order valence-corrected chi connectivity index (χ3v) is 5.14. The fourth-order valence-corrected chi connectivity index (χ4v) is 3.99. The van der Waals surface area contributed by atoms with Gasteiger partial charge >= 0.3 is 0 Å². The van der Waals surface area contributed by atoms with Gasteiger partial charge in [-0.15, -0.1) is 0 Å². The SMILES string of the molecule is Nc1ccccc1CS(=O)(=O)N1CCOc2ccccc21. The predicted octanol–water partition coefficient (Wildman–Crippen LogP) is 2.00. The van der Waals surface area contributed by atoms with Crippen molar-refractivity contribution in [2.24, 2.45) is 0 Å². The molecule has 0 aliphatic carbocycles. The topological polar surface area (TPSA) is 72.6 Å². The lowest BCUT2D eigenvalue weighted by Crippen LogP contribution is -2.38. The molecule has 0 fully saturated rings. The summed E-state index contributed by atoms with van der Waals surface area (Å²) in [6.07, 6.45) is 0. The largest absolute Gasteiger partial charge is 0.489 e. The second-order valence-electron chi connectivity index (χ2n) is 4.84. The molecule has 5 nitrogen and oxygen atoms in total. The zero-order valence-corrected chi connectivity index (χ0v) is 12.2. The van der Waals surface area contributed by atoms with Crippen LogP contribution < -0.4 is 14.8 Å². The molecule has 2 aromatic carbocycles. The quantitative estimate of drug-likeness (QED) is 0.880. The third kappa shape index (κ3) is 2.67. The van der Waals surface area contributed by atoms with Gasteiger partial charge in [0.05, 0.1) is 18.0 Å². The number of para-hydroxylation sites is 3. The first-order valence-electron chi connectivity index (χ1n) is 6.63. The summed E-state index contributed by atoms with van der Waals surface area (Å²) in [5.74, 6) is 0.474. The standard InChI is InChI=1S/C15H16N2O3S/c16-13-6-2-1-5-12(13)11-21(18,19)17-9-10-20-15-8-4-3-7-14(15)17/h1-8H,9-11,16H2. The van der Waals surface area contributed by atoms with Crippen LogP contribution in [0.5, 0.6) is 5.75 Å². The molecule has 3 rings (SSSR count). The number of anilines is 2. The maximum Gasteiger partial charge on any atom is 0.239 e. The molecule has 0 unspecified atom stereocenters. The summed E-state index contributed by atoms with van der Waals surface area (Å²) in [5.41, 5.74) is 7.53. The van der Waals surface area contributed by atoms with Gasteiger partial charge in [0.1, 0.15) is 12.4 Å². The summed E-state index contributed by atoms with van der Waals surface area (Å²) in [6, 6.07) is 14.2. The molecule has 0 amide bonds. The van der Waals surface area contributed by atoms with Gasteiger partial charge in [0.25, 0.3) is 0 Å². The molecule has 2 N–H and O–H groups in total. The molecule has 6 heteroatoms. The highest BCUT2D eigenvalue weighted by atomic mass is 32.2. The Morgan fingerprint density at radius 1 is 1.10 bits per heavy atom. The van der Waals surface area contributed by atoms with Gasteiger partial charge in [0, 0.05) is 5.69 Å². The van der Waals surface area contributed by atoms with Crippen LogP contribution in [0.15, 0.2) is 48.5 Å². The van der Waals surface area contributed by atoms with Gasteiger partial charge in [-0.1, -0.05) is 30.3 Å². The first kappa shape index (κ1) is 13.8. The highest BCUT2D eigenvalue weighted by Crippen LogP contribution is 2.33. The summed E-state index contributed by atoms with van der Waals surface area (Å²) in [7, 11) is -3.50. The summed E-state index contributed by atoms with van der Waals surface area (Å²) in [5, 5.41) is 0. The lowest BCUT2D eigenvalue weighted by Gasteiger charge is -2.30. The maximum atomic E-state index is 12.7. The number of hydrogen-bond donors (Lipinski definition) is 1. The second-order valence-corrected chi connectivity index (χ2v) is 6.74. The fraction of sp³-hybridized carbons (Fsp3) is 0.200. The minimum atomic E-state index is -3.50. The normalized spacial score (nSPS) is 14.4. The van der Waals surface area contributed by atoms with E-state index in [1.807, 2.05) is 6.07 Å². The van der Waals surface area contributed by atoms with Gasteiger partial charge in [-0.05, 0) is 23.8 Å². The van der Waals surface area contributed by atoms with E-state index < -0.39 is 10.0 Å². The Balaban J connectivity index is 1.95. The molecular weight excluding hydrogens is 288 g/mol. The van der Waals surface area contributed by atoms with Crippen molar-refractivity contribution in [2.75, 3.05) is 23.2 Å². The predicted molar refractivity (Wildman–Crippen MR) is 82.8 cm³/mol. The molecule has 21 heavy (non-hydrogen) atoms.